The van der Waals surface area contributed by atoms with Crippen LogP contribution in [0.3, 0.4) is 0 Å². The highest BCUT2D eigenvalue weighted by atomic mass is 19.4. The lowest BCUT2D eigenvalue weighted by Gasteiger charge is -2.14. The van der Waals surface area contributed by atoms with Crippen molar-refractivity contribution in [2.45, 2.75) is 26.2 Å². The van der Waals surface area contributed by atoms with E-state index in [1.807, 2.05) is 0 Å². The second-order valence-electron chi connectivity index (χ2n) is 8.52. The first-order valence-corrected chi connectivity index (χ1v) is 11.3. The van der Waals surface area contributed by atoms with Crippen molar-refractivity contribution in [3.8, 4) is 11.6 Å². The Morgan fingerprint density at radius 3 is 2.58 bits per heavy atom. The number of hydrogen-bond donors (Lipinski definition) is 2. The summed E-state index contributed by atoms with van der Waals surface area (Å²) < 4.78 is 60.6. The van der Waals surface area contributed by atoms with Crippen LogP contribution in [0.4, 0.5) is 32.8 Å². The first-order valence-electron chi connectivity index (χ1n) is 11.3. The van der Waals surface area contributed by atoms with Crippen molar-refractivity contribution in [3.63, 3.8) is 0 Å². The van der Waals surface area contributed by atoms with Gasteiger partial charge in [-0.3, -0.25) is 4.57 Å². The summed E-state index contributed by atoms with van der Waals surface area (Å²) in [5.41, 5.74) is -0.289. The van der Waals surface area contributed by atoms with Gasteiger partial charge in [0, 0.05) is 18.6 Å². The molecular formula is C25H20F4N6O3. The van der Waals surface area contributed by atoms with Crippen LogP contribution in [0, 0.1) is 12.7 Å². The number of amides is 3. The van der Waals surface area contributed by atoms with E-state index in [0.29, 0.717) is 52.2 Å². The molecule has 0 bridgehead atoms. The van der Waals surface area contributed by atoms with Crippen LogP contribution in [-0.2, 0) is 19.3 Å². The number of rotatable bonds is 3. The van der Waals surface area contributed by atoms with Crippen molar-refractivity contribution in [2.75, 3.05) is 12.4 Å². The van der Waals surface area contributed by atoms with Gasteiger partial charge in [0.05, 0.1) is 41.1 Å². The summed E-state index contributed by atoms with van der Waals surface area (Å²) in [6.07, 6.45) is -3.49. The van der Waals surface area contributed by atoms with Gasteiger partial charge in [-0.1, -0.05) is 6.07 Å². The highest BCUT2D eigenvalue weighted by molar-refractivity contribution is 5.99. The maximum Gasteiger partial charge on any atom is 0.419 e. The number of ether oxygens (including phenoxy) is 1. The molecule has 1 aliphatic rings. The van der Waals surface area contributed by atoms with Crippen molar-refractivity contribution in [3.05, 3.63) is 77.1 Å². The summed E-state index contributed by atoms with van der Waals surface area (Å²) in [4.78, 5) is 35.2. The fourth-order valence-corrected chi connectivity index (χ4v) is 4.22. The van der Waals surface area contributed by atoms with Crippen LogP contribution in [-0.4, -0.2) is 38.5 Å². The zero-order chi connectivity index (χ0) is 27.2. The zero-order valence-electron chi connectivity index (χ0n) is 20.1. The lowest BCUT2D eigenvalue weighted by molar-refractivity contribution is -0.139. The standard InChI is InChI=1S/C25H20F4N6O3/c1-13-31-19-12-34(23(36)30-2)11-16(19)22(32-13)38-15-6-7-20-14(10-15)8-9-35(20)24(37)33-18-5-3-4-17(21(18)26)25(27,28)29/h3-10H,11-12H2,1-2H3,(H,30,36)(H,33,37). The van der Waals surface area contributed by atoms with Gasteiger partial charge in [-0.05, 0) is 43.3 Å². The number of halogens is 4. The Morgan fingerprint density at radius 1 is 1.05 bits per heavy atom. The minimum Gasteiger partial charge on any atom is -0.439 e. The van der Waals surface area contributed by atoms with Crippen LogP contribution in [0.1, 0.15) is 22.6 Å². The molecular weight excluding hydrogens is 508 g/mol. The monoisotopic (exact) mass is 528 g/mol. The van der Waals surface area contributed by atoms with Crippen LogP contribution in [0.25, 0.3) is 10.9 Å². The Morgan fingerprint density at radius 2 is 1.84 bits per heavy atom. The third-order valence-corrected chi connectivity index (χ3v) is 6.00. The summed E-state index contributed by atoms with van der Waals surface area (Å²) in [5, 5.41) is 5.34. The van der Waals surface area contributed by atoms with Crippen LogP contribution in [0.15, 0.2) is 48.7 Å². The number of anilines is 1. The third-order valence-electron chi connectivity index (χ3n) is 6.00. The second kappa shape index (κ2) is 9.32. The van der Waals surface area contributed by atoms with Crippen molar-refractivity contribution >= 4 is 28.7 Å². The molecule has 0 unspecified atom stereocenters. The average molecular weight is 528 g/mol. The molecule has 3 amide bonds. The van der Waals surface area contributed by atoms with E-state index in [-0.39, 0.29) is 12.6 Å². The number of fused-ring (bicyclic) bond motifs is 2. The van der Waals surface area contributed by atoms with E-state index in [2.05, 4.69) is 20.6 Å². The third kappa shape index (κ3) is 4.58. The zero-order valence-corrected chi connectivity index (χ0v) is 20.1. The molecule has 0 spiro atoms. The minimum atomic E-state index is -4.90. The van der Waals surface area contributed by atoms with Gasteiger partial charge in [0.2, 0.25) is 5.88 Å². The molecule has 1 aliphatic heterocycles. The molecule has 0 saturated heterocycles. The molecule has 0 fully saturated rings. The van der Waals surface area contributed by atoms with Gasteiger partial charge in [0.1, 0.15) is 11.6 Å². The van der Waals surface area contributed by atoms with E-state index in [9.17, 15) is 27.2 Å². The molecule has 5 rings (SSSR count). The Labute approximate surface area is 213 Å². The Balaban J connectivity index is 1.39. The van der Waals surface area contributed by atoms with Crippen LogP contribution in [0.5, 0.6) is 11.6 Å². The van der Waals surface area contributed by atoms with Crippen molar-refractivity contribution in [2.24, 2.45) is 0 Å². The molecule has 2 aromatic carbocycles. The fraction of sp³-hybridized carbons (Fsp3) is 0.200. The molecule has 3 heterocycles. The number of nitrogens with one attached hydrogen (secondary N) is 2. The van der Waals surface area contributed by atoms with Gasteiger partial charge in [-0.15, -0.1) is 0 Å². The van der Waals surface area contributed by atoms with Crippen LogP contribution >= 0.6 is 0 Å². The molecule has 0 saturated carbocycles. The van der Waals surface area contributed by atoms with E-state index < -0.39 is 29.3 Å². The smallest absolute Gasteiger partial charge is 0.419 e. The van der Waals surface area contributed by atoms with E-state index >= 15 is 0 Å². The first-order chi connectivity index (χ1) is 18.0. The Bertz CT molecular complexity index is 1580. The summed E-state index contributed by atoms with van der Waals surface area (Å²) in [7, 11) is 1.54. The fourth-order valence-electron chi connectivity index (χ4n) is 4.22. The number of benzene rings is 2. The van der Waals surface area contributed by atoms with Gasteiger partial charge >= 0.3 is 18.2 Å². The molecule has 9 nitrogen and oxygen atoms in total. The van der Waals surface area contributed by atoms with Gasteiger partial charge < -0.3 is 20.3 Å². The lowest BCUT2D eigenvalue weighted by atomic mass is 10.2. The maximum absolute atomic E-state index is 14.4. The molecule has 4 aromatic rings. The summed E-state index contributed by atoms with van der Waals surface area (Å²) >= 11 is 0. The lowest BCUT2D eigenvalue weighted by Crippen LogP contribution is -2.33. The number of hydrogen-bond acceptors (Lipinski definition) is 5. The summed E-state index contributed by atoms with van der Waals surface area (Å²) in [6.45, 7) is 2.30. The van der Waals surface area contributed by atoms with Crippen LogP contribution in [0.2, 0.25) is 0 Å². The van der Waals surface area contributed by atoms with E-state index in [1.54, 1.807) is 36.1 Å². The molecule has 38 heavy (non-hydrogen) atoms. The molecule has 196 valence electrons. The maximum atomic E-state index is 14.4. The number of urea groups is 1. The molecule has 2 aromatic heterocycles. The minimum absolute atomic E-state index is 0.252. The topological polar surface area (TPSA) is 101 Å². The predicted molar refractivity (Wildman–Crippen MR) is 128 cm³/mol. The Hall–Kier alpha value is -4.68. The van der Waals surface area contributed by atoms with E-state index in [1.165, 1.54) is 13.2 Å². The van der Waals surface area contributed by atoms with Gasteiger partial charge in [0.25, 0.3) is 0 Å². The molecule has 0 atom stereocenters. The Kier molecular flexibility index (Phi) is 6.13. The highest BCUT2D eigenvalue weighted by Gasteiger charge is 2.35. The average Bonchev–Trinajstić information content (AvgIpc) is 3.48. The van der Waals surface area contributed by atoms with Crippen molar-refractivity contribution < 1.29 is 31.9 Å². The first kappa shape index (κ1) is 25.0. The number of carbonyl (C=O) groups excluding carboxylic acids is 2. The molecule has 13 heteroatoms. The largest absolute Gasteiger partial charge is 0.439 e. The second-order valence-corrected chi connectivity index (χ2v) is 8.52. The van der Waals surface area contributed by atoms with Gasteiger partial charge in [0.15, 0.2) is 5.82 Å². The van der Waals surface area contributed by atoms with Crippen molar-refractivity contribution in [1.29, 1.82) is 0 Å². The highest BCUT2D eigenvalue weighted by Crippen LogP contribution is 2.35. The van der Waals surface area contributed by atoms with E-state index in [0.717, 1.165) is 16.7 Å². The number of carbonyl (C=O) groups is 2. The summed E-state index contributed by atoms with van der Waals surface area (Å²) in [6, 6.07) is 7.99. The number of nitrogens with zero attached hydrogens (tertiary/aromatic N) is 4. The number of alkyl halides is 3. The predicted octanol–water partition coefficient (Wildman–Crippen LogP) is 5.43. The normalized spacial score (nSPS) is 12.9. The molecule has 0 radical (unpaired) electrons. The molecule has 0 aliphatic carbocycles. The quantitative estimate of drug-likeness (QED) is 0.346. The van der Waals surface area contributed by atoms with E-state index in [4.69, 9.17) is 4.74 Å². The van der Waals surface area contributed by atoms with Crippen molar-refractivity contribution in [1.82, 2.24) is 24.8 Å². The number of aromatic nitrogens is 3. The number of aryl methyl sites for hydroxylation is 1. The summed E-state index contributed by atoms with van der Waals surface area (Å²) in [5.74, 6) is -0.389. The van der Waals surface area contributed by atoms with Gasteiger partial charge in [-0.2, -0.15) is 18.2 Å². The molecule has 2 N–H and O–H groups in total. The van der Waals surface area contributed by atoms with Gasteiger partial charge in [-0.25, -0.2) is 19.0 Å². The van der Waals surface area contributed by atoms with Crippen LogP contribution < -0.4 is 15.4 Å². The SMILES string of the molecule is CNC(=O)N1Cc2nc(C)nc(Oc3ccc4c(ccn4C(=O)Nc4cccc(C(F)(F)F)c4F)c3)c2C1.